The van der Waals surface area contributed by atoms with Gasteiger partial charge in [-0.15, -0.1) is 0 Å². The highest BCUT2D eigenvalue weighted by atomic mass is 35.5. The second kappa shape index (κ2) is 4.90. The van der Waals surface area contributed by atoms with E-state index in [0.717, 1.165) is 28.1 Å². The molecule has 0 amide bonds. The van der Waals surface area contributed by atoms with Crippen LogP contribution < -0.4 is 5.73 Å². The van der Waals surface area contributed by atoms with Crippen LogP contribution in [-0.2, 0) is 13.5 Å². The van der Waals surface area contributed by atoms with E-state index in [1.54, 1.807) is 4.68 Å². The zero-order chi connectivity index (χ0) is 12.4. The number of nitrogens with two attached hydrogens (primary N) is 1. The number of halogens is 1. The lowest BCUT2D eigenvalue weighted by molar-refractivity contribution is 0.718. The second-order valence-electron chi connectivity index (χ2n) is 4.34. The van der Waals surface area contributed by atoms with Crippen molar-refractivity contribution in [3.63, 3.8) is 0 Å². The van der Waals surface area contributed by atoms with Crippen molar-refractivity contribution in [1.29, 1.82) is 0 Å². The van der Waals surface area contributed by atoms with Gasteiger partial charge in [0.1, 0.15) is 0 Å². The van der Waals surface area contributed by atoms with Crippen molar-refractivity contribution in [3.05, 3.63) is 52.3 Å². The number of hydrogen-bond donors (Lipinski definition) is 1. The molecule has 0 fully saturated rings. The Hall–Kier alpha value is -1.32. The fourth-order valence-electron chi connectivity index (χ4n) is 1.85. The maximum atomic E-state index is 6.18. The Labute approximate surface area is 106 Å². The van der Waals surface area contributed by atoms with E-state index in [4.69, 9.17) is 17.3 Å². The molecule has 0 radical (unpaired) electrons. The Balaban J connectivity index is 2.14. The van der Waals surface area contributed by atoms with Gasteiger partial charge in [0.15, 0.2) is 0 Å². The van der Waals surface area contributed by atoms with Gasteiger partial charge >= 0.3 is 0 Å². The maximum Gasteiger partial charge on any atom is 0.0522 e. The lowest BCUT2D eigenvalue weighted by Crippen LogP contribution is -2.13. The predicted molar refractivity (Wildman–Crippen MR) is 70.0 cm³/mol. The van der Waals surface area contributed by atoms with Crippen LogP contribution in [0.15, 0.2) is 30.6 Å². The zero-order valence-corrected chi connectivity index (χ0v) is 10.8. The van der Waals surface area contributed by atoms with Crippen LogP contribution in [0, 0.1) is 6.92 Å². The van der Waals surface area contributed by atoms with E-state index in [9.17, 15) is 0 Å². The fraction of sp³-hybridized carbons (Fsp3) is 0.308. The molecule has 0 aliphatic heterocycles. The van der Waals surface area contributed by atoms with E-state index in [-0.39, 0.29) is 6.04 Å². The molecule has 0 aliphatic rings. The smallest absolute Gasteiger partial charge is 0.0522 e. The molecule has 17 heavy (non-hydrogen) atoms. The van der Waals surface area contributed by atoms with Crippen molar-refractivity contribution in [2.45, 2.75) is 19.4 Å². The summed E-state index contributed by atoms with van der Waals surface area (Å²) in [5.74, 6) is 0. The predicted octanol–water partition coefficient (Wildman–Crippen LogP) is 2.62. The standard InChI is InChI=1S/C13H16ClN3/c1-9-5-11(3-4-12(9)14)13(15)6-10-7-16-17(2)8-10/h3-5,7-8,13H,6,15H2,1-2H3. The molecule has 0 saturated carbocycles. The van der Waals surface area contributed by atoms with Crippen LogP contribution in [-0.4, -0.2) is 9.78 Å². The second-order valence-corrected chi connectivity index (χ2v) is 4.75. The van der Waals surface area contributed by atoms with Gasteiger partial charge in [-0.3, -0.25) is 4.68 Å². The van der Waals surface area contributed by atoms with E-state index in [2.05, 4.69) is 5.10 Å². The molecule has 4 heteroatoms. The number of aryl methyl sites for hydroxylation is 2. The van der Waals surface area contributed by atoms with Gasteiger partial charge in [-0.2, -0.15) is 5.10 Å². The summed E-state index contributed by atoms with van der Waals surface area (Å²) in [7, 11) is 1.90. The molecule has 1 unspecified atom stereocenters. The molecule has 3 nitrogen and oxygen atoms in total. The molecule has 2 aromatic rings. The Morgan fingerprint density at radius 2 is 2.24 bits per heavy atom. The summed E-state index contributed by atoms with van der Waals surface area (Å²) >= 11 is 5.99. The molecule has 0 bridgehead atoms. The maximum absolute atomic E-state index is 6.18. The van der Waals surface area contributed by atoms with Crippen molar-refractivity contribution >= 4 is 11.6 Å². The van der Waals surface area contributed by atoms with Crippen molar-refractivity contribution in [1.82, 2.24) is 9.78 Å². The third kappa shape index (κ3) is 2.87. The Morgan fingerprint density at radius 1 is 1.47 bits per heavy atom. The van der Waals surface area contributed by atoms with Gasteiger partial charge in [-0.1, -0.05) is 23.7 Å². The molecule has 1 atom stereocenters. The summed E-state index contributed by atoms with van der Waals surface area (Å²) < 4.78 is 1.79. The van der Waals surface area contributed by atoms with E-state index in [0.29, 0.717) is 0 Å². The van der Waals surface area contributed by atoms with Crippen LogP contribution in [0.3, 0.4) is 0 Å². The van der Waals surface area contributed by atoms with Crippen molar-refractivity contribution < 1.29 is 0 Å². The van der Waals surface area contributed by atoms with Crippen LogP contribution in [0.25, 0.3) is 0 Å². The van der Waals surface area contributed by atoms with Crippen LogP contribution in [0.4, 0.5) is 0 Å². The van der Waals surface area contributed by atoms with Gasteiger partial charge in [-0.25, -0.2) is 0 Å². The molecule has 2 rings (SSSR count). The molecule has 1 aromatic carbocycles. The third-order valence-corrected chi connectivity index (χ3v) is 3.25. The summed E-state index contributed by atoms with van der Waals surface area (Å²) in [4.78, 5) is 0. The van der Waals surface area contributed by atoms with Crippen LogP contribution in [0.2, 0.25) is 5.02 Å². The first-order chi connectivity index (χ1) is 8.06. The first-order valence-electron chi connectivity index (χ1n) is 5.55. The molecular weight excluding hydrogens is 234 g/mol. The molecule has 1 heterocycles. The number of benzene rings is 1. The lowest BCUT2D eigenvalue weighted by Gasteiger charge is -2.12. The highest BCUT2D eigenvalue weighted by Gasteiger charge is 2.09. The zero-order valence-electron chi connectivity index (χ0n) is 10.0. The summed E-state index contributed by atoms with van der Waals surface area (Å²) in [6, 6.07) is 5.91. The Morgan fingerprint density at radius 3 is 2.82 bits per heavy atom. The van der Waals surface area contributed by atoms with Crippen molar-refractivity contribution in [2.24, 2.45) is 12.8 Å². The third-order valence-electron chi connectivity index (χ3n) is 2.82. The monoisotopic (exact) mass is 249 g/mol. The molecule has 0 saturated heterocycles. The van der Waals surface area contributed by atoms with Gasteiger partial charge in [0.2, 0.25) is 0 Å². The van der Waals surface area contributed by atoms with Crippen LogP contribution in [0.1, 0.15) is 22.7 Å². The normalized spacial score (nSPS) is 12.7. The number of aromatic nitrogens is 2. The quantitative estimate of drug-likeness (QED) is 0.909. The molecule has 1 aromatic heterocycles. The van der Waals surface area contributed by atoms with Gasteiger partial charge in [0.05, 0.1) is 6.20 Å². The van der Waals surface area contributed by atoms with Crippen molar-refractivity contribution in [2.75, 3.05) is 0 Å². The van der Waals surface area contributed by atoms with E-state index in [1.165, 1.54) is 0 Å². The summed E-state index contributed by atoms with van der Waals surface area (Å²) in [5.41, 5.74) is 9.49. The summed E-state index contributed by atoms with van der Waals surface area (Å²) in [6.07, 6.45) is 4.63. The number of nitrogens with zero attached hydrogens (tertiary/aromatic N) is 2. The highest BCUT2D eigenvalue weighted by Crippen LogP contribution is 2.21. The largest absolute Gasteiger partial charge is 0.324 e. The van der Waals surface area contributed by atoms with Gasteiger partial charge in [0, 0.05) is 24.3 Å². The fourth-order valence-corrected chi connectivity index (χ4v) is 1.97. The average molecular weight is 250 g/mol. The molecular formula is C13H16ClN3. The molecule has 0 spiro atoms. The molecule has 0 aliphatic carbocycles. The lowest BCUT2D eigenvalue weighted by atomic mass is 10.00. The van der Waals surface area contributed by atoms with E-state index in [1.807, 2.05) is 44.6 Å². The van der Waals surface area contributed by atoms with E-state index >= 15 is 0 Å². The number of rotatable bonds is 3. The van der Waals surface area contributed by atoms with Gasteiger partial charge in [0.25, 0.3) is 0 Å². The minimum Gasteiger partial charge on any atom is -0.324 e. The van der Waals surface area contributed by atoms with E-state index < -0.39 is 0 Å². The molecule has 90 valence electrons. The van der Waals surface area contributed by atoms with Crippen LogP contribution >= 0.6 is 11.6 Å². The average Bonchev–Trinajstić information content (AvgIpc) is 2.68. The minimum absolute atomic E-state index is 0.0184. The van der Waals surface area contributed by atoms with Gasteiger partial charge in [-0.05, 0) is 36.1 Å². The van der Waals surface area contributed by atoms with Crippen LogP contribution in [0.5, 0.6) is 0 Å². The minimum atomic E-state index is -0.0184. The topological polar surface area (TPSA) is 43.8 Å². The SMILES string of the molecule is Cc1cc(C(N)Cc2cnn(C)c2)ccc1Cl. The molecule has 2 N–H and O–H groups in total. The Bertz CT molecular complexity index is 519. The summed E-state index contributed by atoms with van der Waals surface area (Å²) in [5, 5.41) is 4.91. The number of hydrogen-bond acceptors (Lipinski definition) is 2. The van der Waals surface area contributed by atoms with Gasteiger partial charge < -0.3 is 5.73 Å². The highest BCUT2D eigenvalue weighted by molar-refractivity contribution is 6.31. The first kappa shape index (κ1) is 12.1. The Kier molecular flexibility index (Phi) is 3.50. The summed E-state index contributed by atoms with van der Waals surface area (Å²) in [6.45, 7) is 1.99. The first-order valence-corrected chi connectivity index (χ1v) is 5.93. The van der Waals surface area contributed by atoms with Crippen molar-refractivity contribution in [3.8, 4) is 0 Å².